The minimum atomic E-state index is 0.133. The second-order valence-electron chi connectivity index (χ2n) is 5.03. The number of methoxy groups -OCH3 is 1. The third-order valence-electron chi connectivity index (χ3n) is 3.52. The topological polar surface area (TPSA) is 52.6 Å². The first-order valence-electron chi connectivity index (χ1n) is 7.19. The summed E-state index contributed by atoms with van der Waals surface area (Å²) < 4.78 is 16.3. The van der Waals surface area contributed by atoms with E-state index in [4.69, 9.17) is 14.2 Å². The predicted octanol–water partition coefficient (Wildman–Crippen LogP) is 1.75. The molecule has 1 saturated heterocycles. The fourth-order valence-corrected chi connectivity index (χ4v) is 2.44. The summed E-state index contributed by atoms with van der Waals surface area (Å²) in [5.41, 5.74) is 1.89. The standard InChI is InChI=1S/C16H20N2O3/c1-19-15-4-2-3-12-5-6-13(18-16(12)15)9-17-10-14-11-20-7-8-21-14/h2-6,14,17H,7-11H2,1H3. The van der Waals surface area contributed by atoms with Crippen LogP contribution in [-0.2, 0) is 16.0 Å². The molecule has 5 nitrogen and oxygen atoms in total. The van der Waals surface area contributed by atoms with Crippen LogP contribution in [-0.4, -0.2) is 44.6 Å². The van der Waals surface area contributed by atoms with Crippen LogP contribution in [0.3, 0.4) is 0 Å². The summed E-state index contributed by atoms with van der Waals surface area (Å²) in [6, 6.07) is 10.0. The minimum Gasteiger partial charge on any atom is -0.494 e. The van der Waals surface area contributed by atoms with Gasteiger partial charge in [0.1, 0.15) is 11.3 Å². The van der Waals surface area contributed by atoms with Crippen LogP contribution in [0.15, 0.2) is 30.3 Å². The highest BCUT2D eigenvalue weighted by Crippen LogP contribution is 2.23. The van der Waals surface area contributed by atoms with Crippen molar-refractivity contribution in [2.24, 2.45) is 0 Å². The summed E-state index contributed by atoms with van der Waals surface area (Å²) in [5, 5.41) is 4.45. The van der Waals surface area contributed by atoms with Gasteiger partial charge < -0.3 is 19.5 Å². The van der Waals surface area contributed by atoms with Crippen molar-refractivity contribution in [1.29, 1.82) is 0 Å². The normalized spacial score (nSPS) is 18.8. The highest BCUT2D eigenvalue weighted by atomic mass is 16.6. The maximum absolute atomic E-state index is 5.59. The van der Waals surface area contributed by atoms with Crippen molar-refractivity contribution in [2.75, 3.05) is 33.5 Å². The Morgan fingerprint density at radius 3 is 3.05 bits per heavy atom. The van der Waals surface area contributed by atoms with Crippen molar-refractivity contribution in [3.05, 3.63) is 36.0 Å². The Kier molecular flexibility index (Phi) is 4.65. The Morgan fingerprint density at radius 1 is 1.29 bits per heavy atom. The summed E-state index contributed by atoms with van der Waals surface area (Å²) >= 11 is 0. The molecule has 3 rings (SSSR count). The van der Waals surface area contributed by atoms with Gasteiger partial charge in [0.25, 0.3) is 0 Å². The zero-order chi connectivity index (χ0) is 14.5. The SMILES string of the molecule is COc1cccc2ccc(CNCC3COCCO3)nc12. The fourth-order valence-electron chi connectivity index (χ4n) is 2.44. The number of nitrogens with one attached hydrogen (secondary N) is 1. The number of para-hydroxylation sites is 1. The molecule has 0 aliphatic carbocycles. The summed E-state index contributed by atoms with van der Waals surface area (Å²) in [4.78, 5) is 4.67. The molecular formula is C16H20N2O3. The molecule has 0 saturated carbocycles. The van der Waals surface area contributed by atoms with E-state index in [0.29, 0.717) is 26.4 Å². The lowest BCUT2D eigenvalue weighted by atomic mass is 10.2. The first-order valence-corrected chi connectivity index (χ1v) is 7.19. The Balaban J connectivity index is 1.64. The summed E-state index contributed by atoms with van der Waals surface area (Å²) in [5.74, 6) is 0.804. The van der Waals surface area contributed by atoms with E-state index in [0.717, 1.165) is 28.9 Å². The van der Waals surface area contributed by atoms with Crippen molar-refractivity contribution in [1.82, 2.24) is 10.3 Å². The maximum Gasteiger partial charge on any atom is 0.145 e. The number of rotatable bonds is 5. The van der Waals surface area contributed by atoms with Gasteiger partial charge in [0.05, 0.1) is 38.7 Å². The molecule has 0 spiro atoms. The molecule has 1 aromatic heterocycles. The monoisotopic (exact) mass is 288 g/mol. The van der Waals surface area contributed by atoms with E-state index in [1.54, 1.807) is 7.11 Å². The highest BCUT2D eigenvalue weighted by Gasteiger charge is 2.13. The number of fused-ring (bicyclic) bond motifs is 1. The number of pyridine rings is 1. The number of benzene rings is 1. The van der Waals surface area contributed by atoms with E-state index in [1.807, 2.05) is 24.3 Å². The van der Waals surface area contributed by atoms with Crippen LogP contribution in [0.2, 0.25) is 0 Å². The lowest BCUT2D eigenvalue weighted by Crippen LogP contribution is -2.37. The van der Waals surface area contributed by atoms with E-state index < -0.39 is 0 Å². The Bertz CT molecular complexity index is 597. The van der Waals surface area contributed by atoms with E-state index in [1.165, 1.54) is 0 Å². The van der Waals surface area contributed by atoms with Crippen molar-refractivity contribution < 1.29 is 14.2 Å². The molecule has 0 amide bonds. The quantitative estimate of drug-likeness (QED) is 0.908. The second kappa shape index (κ2) is 6.85. The molecule has 1 unspecified atom stereocenters. The molecule has 1 aromatic carbocycles. The molecule has 21 heavy (non-hydrogen) atoms. The van der Waals surface area contributed by atoms with Crippen LogP contribution in [0.5, 0.6) is 5.75 Å². The molecule has 1 atom stereocenters. The van der Waals surface area contributed by atoms with Crippen LogP contribution >= 0.6 is 0 Å². The van der Waals surface area contributed by atoms with E-state index >= 15 is 0 Å². The largest absolute Gasteiger partial charge is 0.494 e. The molecule has 1 N–H and O–H groups in total. The van der Waals surface area contributed by atoms with Crippen LogP contribution in [0.25, 0.3) is 10.9 Å². The Labute approximate surface area is 124 Å². The van der Waals surface area contributed by atoms with Crippen molar-refractivity contribution in [2.45, 2.75) is 12.6 Å². The van der Waals surface area contributed by atoms with Crippen molar-refractivity contribution in [3.63, 3.8) is 0 Å². The van der Waals surface area contributed by atoms with E-state index in [2.05, 4.69) is 16.4 Å². The number of ether oxygens (including phenoxy) is 3. The molecule has 112 valence electrons. The summed E-state index contributed by atoms with van der Waals surface area (Å²) in [6.07, 6.45) is 0.133. The molecule has 1 aliphatic rings. The highest BCUT2D eigenvalue weighted by molar-refractivity contribution is 5.84. The number of nitrogens with zero attached hydrogens (tertiary/aromatic N) is 1. The third-order valence-corrected chi connectivity index (χ3v) is 3.52. The van der Waals surface area contributed by atoms with Crippen LogP contribution in [0, 0.1) is 0 Å². The van der Waals surface area contributed by atoms with Gasteiger partial charge in [0, 0.05) is 18.5 Å². The van der Waals surface area contributed by atoms with Gasteiger partial charge in [-0.25, -0.2) is 4.98 Å². The average molecular weight is 288 g/mol. The molecule has 5 heteroatoms. The summed E-state index contributed by atoms with van der Waals surface area (Å²) in [6.45, 7) is 3.51. The predicted molar refractivity (Wildman–Crippen MR) is 80.6 cm³/mol. The van der Waals surface area contributed by atoms with Gasteiger partial charge in [-0.15, -0.1) is 0 Å². The zero-order valence-corrected chi connectivity index (χ0v) is 12.2. The van der Waals surface area contributed by atoms with Gasteiger partial charge in [-0.1, -0.05) is 18.2 Å². The minimum absolute atomic E-state index is 0.133. The van der Waals surface area contributed by atoms with Crippen LogP contribution in [0.4, 0.5) is 0 Å². The van der Waals surface area contributed by atoms with Crippen molar-refractivity contribution >= 4 is 10.9 Å². The lowest BCUT2D eigenvalue weighted by Gasteiger charge is -2.23. The van der Waals surface area contributed by atoms with Crippen LogP contribution < -0.4 is 10.1 Å². The van der Waals surface area contributed by atoms with Gasteiger partial charge in [0.2, 0.25) is 0 Å². The van der Waals surface area contributed by atoms with E-state index in [-0.39, 0.29) is 6.10 Å². The lowest BCUT2D eigenvalue weighted by molar-refractivity contribution is -0.0864. The molecule has 1 fully saturated rings. The molecule has 2 aromatic rings. The second-order valence-corrected chi connectivity index (χ2v) is 5.03. The van der Waals surface area contributed by atoms with Gasteiger partial charge in [-0.2, -0.15) is 0 Å². The zero-order valence-electron chi connectivity index (χ0n) is 12.2. The molecule has 0 bridgehead atoms. The smallest absolute Gasteiger partial charge is 0.145 e. The third kappa shape index (κ3) is 3.50. The number of hydrogen-bond acceptors (Lipinski definition) is 5. The van der Waals surface area contributed by atoms with Gasteiger partial charge in [0.15, 0.2) is 0 Å². The van der Waals surface area contributed by atoms with Gasteiger partial charge in [-0.05, 0) is 12.1 Å². The Hall–Kier alpha value is -1.69. The first kappa shape index (κ1) is 14.3. The van der Waals surface area contributed by atoms with Crippen LogP contribution in [0.1, 0.15) is 5.69 Å². The number of hydrogen-bond donors (Lipinski definition) is 1. The van der Waals surface area contributed by atoms with E-state index in [9.17, 15) is 0 Å². The van der Waals surface area contributed by atoms with Crippen molar-refractivity contribution in [3.8, 4) is 5.75 Å². The fraction of sp³-hybridized carbons (Fsp3) is 0.438. The molecule has 1 aliphatic heterocycles. The summed E-state index contributed by atoms with van der Waals surface area (Å²) in [7, 11) is 1.67. The molecular weight excluding hydrogens is 268 g/mol. The maximum atomic E-state index is 5.59. The van der Waals surface area contributed by atoms with Gasteiger partial charge in [-0.3, -0.25) is 0 Å². The number of aromatic nitrogens is 1. The first-order chi connectivity index (χ1) is 10.4. The average Bonchev–Trinajstić information content (AvgIpc) is 2.55. The molecule has 2 heterocycles. The molecule has 0 radical (unpaired) electrons. The Morgan fingerprint density at radius 2 is 2.24 bits per heavy atom. The van der Waals surface area contributed by atoms with Gasteiger partial charge >= 0.3 is 0 Å².